The van der Waals surface area contributed by atoms with Crippen molar-refractivity contribution in [2.24, 2.45) is 5.92 Å². The molecule has 8 heteroatoms. The molecule has 2 aromatic rings. The van der Waals surface area contributed by atoms with E-state index < -0.39 is 18.0 Å². The van der Waals surface area contributed by atoms with Crippen molar-refractivity contribution in [1.29, 1.82) is 0 Å². The number of fused-ring (bicyclic) bond motifs is 5. The molecule has 0 spiro atoms. The first-order valence-corrected chi connectivity index (χ1v) is 10.6. The van der Waals surface area contributed by atoms with Crippen molar-refractivity contribution >= 4 is 34.4 Å². The molecule has 0 N–H and O–H groups in total. The Morgan fingerprint density at radius 1 is 1.28 bits per heavy atom. The van der Waals surface area contributed by atoms with Crippen molar-refractivity contribution in [1.82, 2.24) is 9.88 Å². The summed E-state index contributed by atoms with van der Waals surface area (Å²) in [5.41, 5.74) is 3.30. The van der Waals surface area contributed by atoms with Gasteiger partial charge in [0.15, 0.2) is 0 Å². The molecule has 0 unspecified atom stereocenters. The Hall–Kier alpha value is -3.68. The maximum Gasteiger partial charge on any atom is 0.338 e. The number of pyridine rings is 1. The number of benzene rings is 1. The summed E-state index contributed by atoms with van der Waals surface area (Å²) in [7, 11) is 0. The number of esters is 2. The SMILES string of the molecule is CCOc1c2c(nc3ccccc13)C1=CC3=C(COC(C)=O)C(=O)O[C@@H](C)[C@@H]3CN1C2=O. The predicted octanol–water partition coefficient (Wildman–Crippen LogP) is 2.87. The monoisotopic (exact) mass is 434 g/mol. The van der Waals surface area contributed by atoms with E-state index >= 15 is 0 Å². The fourth-order valence-electron chi connectivity index (χ4n) is 4.58. The second kappa shape index (κ2) is 7.47. The molecule has 3 aliphatic heterocycles. The van der Waals surface area contributed by atoms with Crippen LogP contribution in [0.3, 0.4) is 0 Å². The largest absolute Gasteiger partial charge is 0.492 e. The topological polar surface area (TPSA) is 95.0 Å². The third-order valence-electron chi connectivity index (χ3n) is 6.07. The van der Waals surface area contributed by atoms with Gasteiger partial charge in [0, 0.05) is 24.8 Å². The van der Waals surface area contributed by atoms with Gasteiger partial charge in [0.05, 0.1) is 23.4 Å². The van der Waals surface area contributed by atoms with Gasteiger partial charge in [-0.15, -0.1) is 0 Å². The Balaban J connectivity index is 1.72. The number of amides is 1. The number of para-hydroxylation sites is 1. The lowest BCUT2D eigenvalue weighted by Gasteiger charge is -2.38. The lowest BCUT2D eigenvalue weighted by molar-refractivity contribution is -0.149. The van der Waals surface area contributed by atoms with Crippen molar-refractivity contribution in [3.05, 3.63) is 52.7 Å². The van der Waals surface area contributed by atoms with Gasteiger partial charge in [-0.05, 0) is 37.6 Å². The van der Waals surface area contributed by atoms with Gasteiger partial charge in [0.1, 0.15) is 29.7 Å². The summed E-state index contributed by atoms with van der Waals surface area (Å²) in [4.78, 5) is 43.8. The van der Waals surface area contributed by atoms with Crippen molar-refractivity contribution in [3.63, 3.8) is 0 Å². The van der Waals surface area contributed by atoms with Crippen molar-refractivity contribution in [3.8, 4) is 5.75 Å². The summed E-state index contributed by atoms with van der Waals surface area (Å²) < 4.78 is 16.5. The van der Waals surface area contributed by atoms with Gasteiger partial charge >= 0.3 is 11.9 Å². The van der Waals surface area contributed by atoms with Crippen LogP contribution in [-0.2, 0) is 19.1 Å². The number of ether oxygens (including phenoxy) is 3. The third kappa shape index (κ3) is 2.97. The molecule has 1 aromatic heterocycles. The Kier molecular flexibility index (Phi) is 4.73. The summed E-state index contributed by atoms with van der Waals surface area (Å²) in [5.74, 6) is -0.892. The van der Waals surface area contributed by atoms with Gasteiger partial charge in [-0.3, -0.25) is 9.59 Å². The molecule has 5 rings (SSSR count). The number of hydrogen-bond donors (Lipinski definition) is 0. The van der Waals surface area contributed by atoms with Crippen molar-refractivity contribution in [2.45, 2.75) is 26.9 Å². The average Bonchev–Trinajstić information content (AvgIpc) is 3.03. The van der Waals surface area contributed by atoms with E-state index in [1.807, 2.05) is 37.3 Å². The molecule has 0 saturated carbocycles. The van der Waals surface area contributed by atoms with E-state index in [0.29, 0.717) is 41.4 Å². The molecule has 0 saturated heterocycles. The fraction of sp³-hybridized carbons (Fsp3) is 0.333. The maximum atomic E-state index is 13.5. The number of cyclic esters (lactones) is 1. The zero-order chi connectivity index (χ0) is 22.6. The van der Waals surface area contributed by atoms with Crippen LogP contribution >= 0.6 is 0 Å². The normalized spacial score (nSPS) is 21.6. The Morgan fingerprint density at radius 3 is 2.81 bits per heavy atom. The number of aromatic nitrogens is 1. The van der Waals surface area contributed by atoms with Crippen LogP contribution in [0.5, 0.6) is 5.75 Å². The van der Waals surface area contributed by atoms with Gasteiger partial charge in [0.2, 0.25) is 0 Å². The second-order valence-electron chi connectivity index (χ2n) is 7.99. The van der Waals surface area contributed by atoms with E-state index in [-0.39, 0.29) is 18.4 Å². The fourth-order valence-corrected chi connectivity index (χ4v) is 4.58. The van der Waals surface area contributed by atoms with Crippen LogP contribution in [0.4, 0.5) is 0 Å². The highest BCUT2D eigenvalue weighted by molar-refractivity contribution is 6.14. The predicted molar refractivity (Wildman–Crippen MR) is 115 cm³/mol. The maximum absolute atomic E-state index is 13.5. The minimum Gasteiger partial charge on any atom is -0.492 e. The highest BCUT2D eigenvalue weighted by atomic mass is 16.6. The highest BCUT2D eigenvalue weighted by Crippen LogP contribution is 2.46. The Morgan fingerprint density at radius 2 is 2.06 bits per heavy atom. The smallest absolute Gasteiger partial charge is 0.338 e. The molecule has 8 nitrogen and oxygen atoms in total. The molecule has 2 atom stereocenters. The Labute approximate surface area is 184 Å². The molecule has 3 aliphatic rings. The van der Waals surface area contributed by atoms with Crippen molar-refractivity contribution < 1.29 is 28.6 Å². The van der Waals surface area contributed by atoms with E-state index in [0.717, 1.165) is 16.5 Å². The zero-order valence-corrected chi connectivity index (χ0v) is 18.0. The van der Waals surface area contributed by atoms with E-state index in [4.69, 9.17) is 19.2 Å². The summed E-state index contributed by atoms with van der Waals surface area (Å²) >= 11 is 0. The van der Waals surface area contributed by atoms with Crippen LogP contribution in [0.15, 0.2) is 41.5 Å². The zero-order valence-electron chi connectivity index (χ0n) is 18.0. The van der Waals surface area contributed by atoms with Crippen molar-refractivity contribution in [2.75, 3.05) is 19.8 Å². The first kappa shape index (κ1) is 20.2. The number of carbonyl (C=O) groups is 3. The quantitative estimate of drug-likeness (QED) is 0.683. The molecule has 0 fully saturated rings. The summed E-state index contributed by atoms with van der Waals surface area (Å²) in [6, 6.07) is 7.54. The molecule has 1 amide bonds. The molecule has 0 bridgehead atoms. The Bertz CT molecular complexity index is 1240. The molecule has 4 heterocycles. The van der Waals surface area contributed by atoms with Gasteiger partial charge in [-0.25, -0.2) is 9.78 Å². The van der Waals surface area contributed by atoms with Crippen LogP contribution in [0.2, 0.25) is 0 Å². The number of carbonyl (C=O) groups excluding carboxylic acids is 3. The van der Waals surface area contributed by atoms with E-state index in [1.165, 1.54) is 6.92 Å². The van der Waals surface area contributed by atoms with Crippen LogP contribution in [0.25, 0.3) is 16.6 Å². The number of rotatable bonds is 4. The minimum atomic E-state index is -0.513. The lowest BCUT2D eigenvalue weighted by Crippen LogP contribution is -2.43. The molecule has 164 valence electrons. The second-order valence-corrected chi connectivity index (χ2v) is 7.99. The molecular weight excluding hydrogens is 412 g/mol. The van der Waals surface area contributed by atoms with Gasteiger partial charge < -0.3 is 19.1 Å². The number of hydrogen-bond acceptors (Lipinski definition) is 7. The molecule has 0 radical (unpaired) electrons. The third-order valence-corrected chi connectivity index (χ3v) is 6.07. The lowest BCUT2D eigenvalue weighted by atomic mass is 9.84. The molecule has 0 aliphatic carbocycles. The van der Waals surface area contributed by atoms with E-state index in [1.54, 1.807) is 11.8 Å². The standard InChI is InChI=1S/C24H22N2O6/c1-4-30-22-14-7-5-6-8-18(14)25-21-19-9-15-16(10-26(19)23(28)20(21)22)12(2)32-24(29)17(15)11-31-13(3)27/h5-9,12,16H,4,10-11H2,1-3H3/t12-,16-/m0/s1. The van der Waals surface area contributed by atoms with Crippen LogP contribution in [0, 0.1) is 5.92 Å². The highest BCUT2D eigenvalue weighted by Gasteiger charge is 2.46. The summed E-state index contributed by atoms with van der Waals surface area (Å²) in [6.45, 7) is 5.53. The van der Waals surface area contributed by atoms with Crippen LogP contribution in [0.1, 0.15) is 36.8 Å². The van der Waals surface area contributed by atoms with Gasteiger partial charge in [-0.2, -0.15) is 0 Å². The molecule has 1 aromatic carbocycles. The molecule has 32 heavy (non-hydrogen) atoms. The summed E-state index contributed by atoms with van der Waals surface area (Å²) in [5, 5.41) is 0.779. The van der Waals surface area contributed by atoms with E-state index in [2.05, 4.69) is 0 Å². The number of allylic oxidation sites excluding steroid dienone is 1. The number of nitrogens with zero attached hydrogens (tertiary/aromatic N) is 2. The van der Waals surface area contributed by atoms with Gasteiger partial charge in [0.25, 0.3) is 5.91 Å². The minimum absolute atomic E-state index is 0.174. The first-order valence-electron chi connectivity index (χ1n) is 10.6. The van der Waals surface area contributed by atoms with Crippen LogP contribution < -0.4 is 4.74 Å². The first-order chi connectivity index (χ1) is 15.4. The average molecular weight is 434 g/mol. The molecular formula is C24H22N2O6. The van der Waals surface area contributed by atoms with Gasteiger partial charge in [-0.1, -0.05) is 12.1 Å². The van der Waals surface area contributed by atoms with E-state index in [9.17, 15) is 14.4 Å². The van der Waals surface area contributed by atoms with Crippen LogP contribution in [-0.4, -0.2) is 53.6 Å². The summed E-state index contributed by atoms with van der Waals surface area (Å²) in [6.07, 6.45) is 1.39.